The molecular formula is C17H25N3O2S. The number of amides is 2. The van der Waals surface area contributed by atoms with Crippen LogP contribution in [0.4, 0.5) is 0 Å². The summed E-state index contributed by atoms with van der Waals surface area (Å²) in [6, 6.07) is 5.88. The van der Waals surface area contributed by atoms with E-state index >= 15 is 0 Å². The summed E-state index contributed by atoms with van der Waals surface area (Å²) in [5, 5.41) is 2.61. The minimum atomic E-state index is -0.427. The number of likely N-dealkylation sites (N-methyl/N-ethyl adjacent to an activating group) is 1. The zero-order chi connectivity index (χ0) is 17.0. The molecule has 0 aliphatic carbocycles. The average molecular weight is 335 g/mol. The Kier molecular flexibility index (Phi) is 6.07. The first-order chi connectivity index (χ1) is 10.9. The highest BCUT2D eigenvalue weighted by molar-refractivity contribution is 7.99. The second kappa shape index (κ2) is 7.84. The molecule has 0 saturated carbocycles. The molecule has 2 rings (SSSR count). The number of carbonyl (C=O) groups excluding carboxylic acids is 2. The van der Waals surface area contributed by atoms with Crippen LogP contribution in [-0.4, -0.2) is 48.1 Å². The molecule has 2 amide bonds. The summed E-state index contributed by atoms with van der Waals surface area (Å²) in [6.07, 6.45) is 0.535. The summed E-state index contributed by atoms with van der Waals surface area (Å²) in [5.41, 5.74) is 9.61. The Bertz CT molecular complexity index is 571. The number of nitrogens with one attached hydrogen (secondary N) is 1. The molecule has 1 heterocycles. The largest absolute Gasteiger partial charge is 0.357 e. The highest BCUT2D eigenvalue weighted by atomic mass is 32.2. The number of aryl methyl sites for hydroxylation is 2. The van der Waals surface area contributed by atoms with Gasteiger partial charge in [0.2, 0.25) is 11.8 Å². The monoisotopic (exact) mass is 335 g/mol. The van der Waals surface area contributed by atoms with E-state index < -0.39 is 6.04 Å². The standard InChI is InChI=1S/C17H25N3O2S/c1-11-4-12(2)6-13(5-11)9-23-10-16(21)20-8-14(18)7-15(20)17(22)19-3/h4-6,14-15H,7-10,18H2,1-3H3,(H,19,22)/t14-,15-/m0/s1. The van der Waals surface area contributed by atoms with Crippen molar-refractivity contribution >= 4 is 23.6 Å². The van der Waals surface area contributed by atoms with Crippen LogP contribution in [-0.2, 0) is 15.3 Å². The second-order valence-corrected chi connectivity index (χ2v) is 7.15. The molecule has 0 spiro atoms. The Labute approximate surface area is 142 Å². The van der Waals surface area contributed by atoms with Crippen molar-refractivity contribution < 1.29 is 9.59 Å². The Hall–Kier alpha value is -1.53. The maximum atomic E-state index is 12.4. The molecule has 23 heavy (non-hydrogen) atoms. The number of carbonyl (C=O) groups is 2. The van der Waals surface area contributed by atoms with Crippen LogP contribution in [0.2, 0.25) is 0 Å². The van der Waals surface area contributed by atoms with Crippen molar-refractivity contribution in [3.63, 3.8) is 0 Å². The fourth-order valence-electron chi connectivity index (χ4n) is 3.05. The summed E-state index contributed by atoms with van der Waals surface area (Å²) in [5.74, 6) is 1.01. The van der Waals surface area contributed by atoms with Crippen molar-refractivity contribution in [3.05, 3.63) is 34.9 Å². The molecular weight excluding hydrogens is 310 g/mol. The van der Waals surface area contributed by atoms with E-state index in [9.17, 15) is 9.59 Å². The number of likely N-dealkylation sites (tertiary alicyclic amines) is 1. The molecule has 0 radical (unpaired) electrons. The first kappa shape index (κ1) is 17.8. The topological polar surface area (TPSA) is 75.4 Å². The number of hydrogen-bond donors (Lipinski definition) is 2. The van der Waals surface area contributed by atoms with Crippen LogP contribution >= 0.6 is 11.8 Å². The molecule has 3 N–H and O–H groups in total. The summed E-state index contributed by atoms with van der Waals surface area (Å²) >= 11 is 1.58. The van der Waals surface area contributed by atoms with E-state index in [1.54, 1.807) is 23.7 Å². The van der Waals surface area contributed by atoms with Crippen LogP contribution in [0.3, 0.4) is 0 Å². The highest BCUT2D eigenvalue weighted by Gasteiger charge is 2.37. The molecule has 1 fully saturated rings. The summed E-state index contributed by atoms with van der Waals surface area (Å²) in [6.45, 7) is 4.61. The zero-order valence-electron chi connectivity index (χ0n) is 14.0. The first-order valence-corrected chi connectivity index (χ1v) is 8.97. The van der Waals surface area contributed by atoms with E-state index in [0.29, 0.717) is 18.7 Å². The predicted molar refractivity (Wildman–Crippen MR) is 94.2 cm³/mol. The van der Waals surface area contributed by atoms with Gasteiger partial charge in [0.15, 0.2) is 0 Å². The highest BCUT2D eigenvalue weighted by Crippen LogP contribution is 2.20. The third-order valence-corrected chi connectivity index (χ3v) is 4.97. The number of rotatable bonds is 5. The van der Waals surface area contributed by atoms with Crippen molar-refractivity contribution in [2.75, 3.05) is 19.3 Å². The molecule has 6 heteroatoms. The van der Waals surface area contributed by atoms with Gasteiger partial charge in [-0.15, -0.1) is 11.8 Å². The third-order valence-electron chi connectivity index (χ3n) is 3.98. The quantitative estimate of drug-likeness (QED) is 0.848. The van der Waals surface area contributed by atoms with Gasteiger partial charge in [-0.2, -0.15) is 0 Å². The molecule has 5 nitrogen and oxygen atoms in total. The van der Waals surface area contributed by atoms with Gasteiger partial charge in [-0.3, -0.25) is 9.59 Å². The lowest BCUT2D eigenvalue weighted by Crippen LogP contribution is -2.45. The molecule has 1 aliphatic rings. The molecule has 1 aromatic rings. The van der Waals surface area contributed by atoms with Crippen LogP contribution < -0.4 is 11.1 Å². The lowest BCUT2D eigenvalue weighted by Gasteiger charge is -2.23. The van der Waals surface area contributed by atoms with E-state index in [1.165, 1.54) is 16.7 Å². The van der Waals surface area contributed by atoms with Gasteiger partial charge in [0.25, 0.3) is 0 Å². The molecule has 0 unspecified atom stereocenters. The normalized spacial score (nSPS) is 20.6. The fraction of sp³-hybridized carbons (Fsp3) is 0.529. The van der Waals surface area contributed by atoms with Gasteiger partial charge < -0.3 is 16.0 Å². The SMILES string of the molecule is CNC(=O)[C@@H]1C[C@H](N)CN1C(=O)CSCc1cc(C)cc(C)c1. The average Bonchev–Trinajstić information content (AvgIpc) is 2.87. The van der Waals surface area contributed by atoms with E-state index in [2.05, 4.69) is 37.4 Å². The van der Waals surface area contributed by atoms with Crippen molar-refractivity contribution in [2.24, 2.45) is 5.73 Å². The maximum absolute atomic E-state index is 12.4. The zero-order valence-corrected chi connectivity index (χ0v) is 14.8. The van der Waals surface area contributed by atoms with Gasteiger partial charge in [-0.25, -0.2) is 0 Å². The molecule has 1 aliphatic heterocycles. The third kappa shape index (κ3) is 4.72. The van der Waals surface area contributed by atoms with Gasteiger partial charge in [0, 0.05) is 25.4 Å². The fourth-order valence-corrected chi connectivity index (χ4v) is 3.90. The lowest BCUT2D eigenvalue weighted by atomic mass is 10.1. The number of nitrogens with two attached hydrogens (primary N) is 1. The van der Waals surface area contributed by atoms with E-state index in [0.717, 1.165) is 5.75 Å². The van der Waals surface area contributed by atoms with Crippen LogP contribution in [0.5, 0.6) is 0 Å². The predicted octanol–water partition coefficient (Wildman–Crippen LogP) is 1.21. The summed E-state index contributed by atoms with van der Waals surface area (Å²) in [4.78, 5) is 25.9. The van der Waals surface area contributed by atoms with E-state index in [1.807, 2.05) is 0 Å². The van der Waals surface area contributed by atoms with Gasteiger partial charge in [-0.05, 0) is 25.8 Å². The molecule has 1 saturated heterocycles. The molecule has 1 aromatic carbocycles. The van der Waals surface area contributed by atoms with Crippen molar-refractivity contribution in [1.29, 1.82) is 0 Å². The van der Waals surface area contributed by atoms with Gasteiger partial charge in [0.05, 0.1) is 5.75 Å². The van der Waals surface area contributed by atoms with Crippen molar-refractivity contribution in [3.8, 4) is 0 Å². The van der Waals surface area contributed by atoms with Crippen LogP contribution in [0.25, 0.3) is 0 Å². The minimum Gasteiger partial charge on any atom is -0.357 e. The van der Waals surface area contributed by atoms with E-state index in [4.69, 9.17) is 5.73 Å². The Morgan fingerprint density at radius 2 is 1.96 bits per heavy atom. The van der Waals surface area contributed by atoms with Gasteiger partial charge in [0.1, 0.15) is 6.04 Å². The number of nitrogens with zero attached hydrogens (tertiary/aromatic N) is 1. The van der Waals surface area contributed by atoms with Crippen LogP contribution in [0.15, 0.2) is 18.2 Å². The lowest BCUT2D eigenvalue weighted by molar-refractivity contribution is -0.136. The van der Waals surface area contributed by atoms with Crippen LogP contribution in [0.1, 0.15) is 23.1 Å². The van der Waals surface area contributed by atoms with Gasteiger partial charge in [-0.1, -0.05) is 29.3 Å². The first-order valence-electron chi connectivity index (χ1n) is 7.82. The Balaban J connectivity index is 1.90. The maximum Gasteiger partial charge on any atom is 0.242 e. The van der Waals surface area contributed by atoms with Gasteiger partial charge >= 0.3 is 0 Å². The molecule has 126 valence electrons. The number of benzene rings is 1. The Morgan fingerprint density at radius 3 is 2.57 bits per heavy atom. The smallest absolute Gasteiger partial charge is 0.242 e. The minimum absolute atomic E-state index is 0.0130. The number of thioether (sulfide) groups is 1. The molecule has 0 bridgehead atoms. The summed E-state index contributed by atoms with van der Waals surface area (Å²) < 4.78 is 0. The second-order valence-electron chi connectivity index (χ2n) is 6.16. The Morgan fingerprint density at radius 1 is 1.30 bits per heavy atom. The van der Waals surface area contributed by atoms with Crippen LogP contribution in [0, 0.1) is 13.8 Å². The summed E-state index contributed by atoms with van der Waals surface area (Å²) in [7, 11) is 1.59. The van der Waals surface area contributed by atoms with Crippen molar-refractivity contribution in [1.82, 2.24) is 10.2 Å². The molecule has 0 aromatic heterocycles. The number of hydrogen-bond acceptors (Lipinski definition) is 4. The molecule has 2 atom stereocenters. The van der Waals surface area contributed by atoms with Crippen molar-refractivity contribution in [2.45, 2.75) is 38.1 Å². The van der Waals surface area contributed by atoms with E-state index in [-0.39, 0.29) is 17.9 Å².